The number of nitrogens with one attached hydrogen (secondary N) is 2. The van der Waals surface area contributed by atoms with Gasteiger partial charge in [0.25, 0.3) is 0 Å². The van der Waals surface area contributed by atoms with Crippen LogP contribution in [0, 0.1) is 13.8 Å². The number of alkyl carbamates (subject to hydrolysis) is 1. The molecule has 2 rings (SSSR count). The van der Waals surface area contributed by atoms with Gasteiger partial charge in [0.1, 0.15) is 17.7 Å². The fourth-order valence-corrected chi connectivity index (χ4v) is 4.65. The lowest BCUT2D eigenvalue weighted by Gasteiger charge is -2.35. The molecule has 0 aliphatic carbocycles. The van der Waals surface area contributed by atoms with E-state index in [1.165, 1.54) is 4.90 Å². The smallest absolute Gasteiger partial charge is 0.408 e. The van der Waals surface area contributed by atoms with Gasteiger partial charge in [-0.05, 0) is 57.7 Å². The van der Waals surface area contributed by atoms with E-state index >= 15 is 0 Å². The predicted molar refractivity (Wildman–Crippen MR) is 162 cm³/mol. The molecule has 8 heteroatoms. The summed E-state index contributed by atoms with van der Waals surface area (Å²) in [6, 6.07) is 13.2. The van der Waals surface area contributed by atoms with E-state index in [1.807, 2.05) is 62.4 Å². The van der Waals surface area contributed by atoms with E-state index in [-0.39, 0.29) is 5.91 Å². The Bertz CT molecular complexity index is 1110. The highest BCUT2D eigenvalue weighted by molar-refractivity contribution is 5.92. The second-order valence-corrected chi connectivity index (χ2v) is 11.6. The van der Waals surface area contributed by atoms with Gasteiger partial charge in [0.05, 0.1) is 6.61 Å². The van der Waals surface area contributed by atoms with E-state index in [1.54, 1.807) is 20.8 Å². The van der Waals surface area contributed by atoms with Gasteiger partial charge in [0.15, 0.2) is 0 Å². The third-order valence-electron chi connectivity index (χ3n) is 6.81. The fraction of sp³-hybridized carbons (Fsp3) is 0.545. The van der Waals surface area contributed by atoms with Crippen LogP contribution in [0.1, 0.15) is 94.5 Å². The normalized spacial score (nSPS) is 12.8. The quantitative estimate of drug-likeness (QED) is 0.238. The summed E-state index contributed by atoms with van der Waals surface area (Å²) in [6.45, 7) is 11.2. The number of unbranched alkanes of at least 4 members (excludes halogenated alkanes) is 5. The van der Waals surface area contributed by atoms with Crippen LogP contribution in [-0.2, 0) is 20.9 Å². The van der Waals surface area contributed by atoms with Crippen molar-refractivity contribution in [2.24, 2.45) is 0 Å². The van der Waals surface area contributed by atoms with E-state index in [9.17, 15) is 19.5 Å². The lowest BCUT2D eigenvalue weighted by Crippen LogP contribution is -2.54. The van der Waals surface area contributed by atoms with Crippen LogP contribution in [0.5, 0.6) is 0 Å². The summed E-state index contributed by atoms with van der Waals surface area (Å²) in [7, 11) is 0. The number of hydrogen-bond donors (Lipinski definition) is 3. The zero-order chi connectivity index (χ0) is 30.4. The van der Waals surface area contributed by atoms with Crippen LogP contribution in [0.15, 0.2) is 48.5 Å². The monoisotopic (exact) mass is 567 g/mol. The van der Waals surface area contributed by atoms with E-state index in [4.69, 9.17) is 4.74 Å². The molecule has 0 radical (unpaired) electrons. The molecular formula is C33H49N3O5. The molecule has 3 amide bonds. The molecule has 2 aromatic rings. The van der Waals surface area contributed by atoms with Crippen molar-refractivity contribution in [3.63, 3.8) is 0 Å². The Hall–Kier alpha value is -3.39. The number of ether oxygens (including phenoxy) is 1. The van der Waals surface area contributed by atoms with Crippen molar-refractivity contribution in [2.75, 3.05) is 13.2 Å². The molecule has 0 aliphatic rings. The molecule has 0 saturated carbocycles. The number of aryl methyl sites for hydroxylation is 2. The average Bonchev–Trinajstić information content (AvgIpc) is 2.92. The van der Waals surface area contributed by atoms with Crippen molar-refractivity contribution in [1.29, 1.82) is 0 Å². The Morgan fingerprint density at radius 1 is 0.951 bits per heavy atom. The molecule has 2 aromatic carbocycles. The Morgan fingerprint density at radius 2 is 1.61 bits per heavy atom. The number of amides is 3. The van der Waals surface area contributed by atoms with Gasteiger partial charge in [-0.2, -0.15) is 0 Å². The molecule has 8 nitrogen and oxygen atoms in total. The number of carbonyl (C=O) groups is 3. The molecule has 41 heavy (non-hydrogen) atoms. The third-order valence-corrected chi connectivity index (χ3v) is 6.81. The fourth-order valence-electron chi connectivity index (χ4n) is 4.65. The summed E-state index contributed by atoms with van der Waals surface area (Å²) >= 11 is 0. The van der Waals surface area contributed by atoms with E-state index in [2.05, 4.69) is 17.6 Å². The highest BCUT2D eigenvalue weighted by atomic mass is 16.6. The maximum absolute atomic E-state index is 14.0. The molecular weight excluding hydrogens is 518 g/mol. The minimum Gasteiger partial charge on any atom is -0.444 e. The van der Waals surface area contributed by atoms with Crippen molar-refractivity contribution >= 4 is 17.9 Å². The highest BCUT2D eigenvalue weighted by Gasteiger charge is 2.36. The zero-order valence-corrected chi connectivity index (χ0v) is 25.7. The van der Waals surface area contributed by atoms with Gasteiger partial charge in [-0.1, -0.05) is 93.1 Å². The molecule has 226 valence electrons. The van der Waals surface area contributed by atoms with Crippen LogP contribution in [-0.4, -0.2) is 52.7 Å². The maximum Gasteiger partial charge on any atom is 0.408 e. The molecule has 0 saturated heterocycles. The Kier molecular flexibility index (Phi) is 13.8. The van der Waals surface area contributed by atoms with Crippen LogP contribution in [0.4, 0.5) is 4.79 Å². The number of benzene rings is 2. The number of aliphatic hydroxyl groups excluding tert-OH is 1. The third kappa shape index (κ3) is 11.6. The molecule has 3 N–H and O–H groups in total. The lowest BCUT2D eigenvalue weighted by molar-refractivity contribution is -0.143. The molecule has 0 bridgehead atoms. The van der Waals surface area contributed by atoms with E-state index in [0.29, 0.717) is 25.1 Å². The van der Waals surface area contributed by atoms with Gasteiger partial charge in [-0.25, -0.2) is 4.79 Å². The summed E-state index contributed by atoms with van der Waals surface area (Å²) < 4.78 is 5.34. The lowest BCUT2D eigenvalue weighted by atomic mass is 9.95. The van der Waals surface area contributed by atoms with Gasteiger partial charge in [0.2, 0.25) is 11.8 Å². The summed E-state index contributed by atoms with van der Waals surface area (Å²) in [5, 5.41) is 15.7. The van der Waals surface area contributed by atoms with Crippen molar-refractivity contribution in [2.45, 2.75) is 104 Å². The van der Waals surface area contributed by atoms with Crippen LogP contribution in [0.2, 0.25) is 0 Å². The zero-order valence-electron chi connectivity index (χ0n) is 25.7. The largest absolute Gasteiger partial charge is 0.444 e. The number of rotatable bonds is 15. The topological polar surface area (TPSA) is 108 Å². The average molecular weight is 568 g/mol. The van der Waals surface area contributed by atoms with Crippen LogP contribution in [0.3, 0.4) is 0 Å². The van der Waals surface area contributed by atoms with Crippen molar-refractivity contribution in [3.8, 4) is 0 Å². The van der Waals surface area contributed by atoms with E-state index < -0.39 is 36.3 Å². The molecule has 0 aliphatic heterocycles. The minimum absolute atomic E-state index is 0.300. The minimum atomic E-state index is -1.26. The second-order valence-electron chi connectivity index (χ2n) is 11.6. The van der Waals surface area contributed by atoms with Gasteiger partial charge >= 0.3 is 6.09 Å². The van der Waals surface area contributed by atoms with Crippen LogP contribution in [0.25, 0.3) is 0 Å². The molecule has 0 spiro atoms. The summed E-state index contributed by atoms with van der Waals surface area (Å²) in [4.78, 5) is 42.1. The van der Waals surface area contributed by atoms with Crippen LogP contribution < -0.4 is 10.6 Å². The predicted octanol–water partition coefficient (Wildman–Crippen LogP) is 5.74. The van der Waals surface area contributed by atoms with Gasteiger partial charge in [0, 0.05) is 13.1 Å². The number of carbonyl (C=O) groups excluding carboxylic acids is 3. The van der Waals surface area contributed by atoms with Crippen molar-refractivity contribution in [1.82, 2.24) is 15.5 Å². The summed E-state index contributed by atoms with van der Waals surface area (Å²) in [5.41, 5.74) is 2.71. The first-order chi connectivity index (χ1) is 19.5. The Morgan fingerprint density at radius 3 is 2.24 bits per heavy atom. The van der Waals surface area contributed by atoms with Gasteiger partial charge in [-0.15, -0.1) is 0 Å². The first-order valence-electron chi connectivity index (χ1n) is 14.8. The summed E-state index contributed by atoms with van der Waals surface area (Å²) in [5.74, 6) is -0.858. The molecule has 0 heterocycles. The van der Waals surface area contributed by atoms with Gasteiger partial charge < -0.3 is 25.4 Å². The second kappa shape index (κ2) is 16.8. The molecule has 0 fully saturated rings. The molecule has 2 unspecified atom stereocenters. The van der Waals surface area contributed by atoms with Crippen molar-refractivity contribution in [3.05, 3.63) is 70.8 Å². The standard InChI is InChI=1S/C33H49N3O5/c1-7-8-9-10-11-15-20-36(31(39)28(23-37)35-32(40)41-33(4,5)6)29(27-21-24(2)18-19-25(27)3)30(38)34-22-26-16-13-12-14-17-26/h12-14,16-19,21,28-29,37H,7-11,15,20,22-23H2,1-6H3,(H,34,38)(H,35,40). The Labute approximate surface area is 245 Å². The SMILES string of the molecule is CCCCCCCCN(C(=O)C(CO)NC(=O)OC(C)(C)C)C(C(=O)NCc1ccccc1)c1cc(C)ccc1C. The van der Waals surface area contributed by atoms with Crippen molar-refractivity contribution < 1.29 is 24.2 Å². The number of aliphatic hydroxyl groups is 1. The first-order valence-corrected chi connectivity index (χ1v) is 14.8. The number of nitrogens with zero attached hydrogens (tertiary/aromatic N) is 1. The molecule has 2 atom stereocenters. The Balaban J connectivity index is 2.44. The maximum atomic E-state index is 14.0. The number of hydrogen-bond acceptors (Lipinski definition) is 5. The van der Waals surface area contributed by atoms with E-state index in [0.717, 1.165) is 48.8 Å². The van der Waals surface area contributed by atoms with Gasteiger partial charge in [-0.3, -0.25) is 9.59 Å². The first kappa shape index (κ1) is 33.8. The summed E-state index contributed by atoms with van der Waals surface area (Å²) in [6.07, 6.45) is 5.22. The van der Waals surface area contributed by atoms with Crippen LogP contribution >= 0.6 is 0 Å². The highest BCUT2D eigenvalue weighted by Crippen LogP contribution is 2.27. The molecule has 0 aromatic heterocycles.